The van der Waals surface area contributed by atoms with E-state index in [1.54, 1.807) is 23.0 Å². The van der Waals surface area contributed by atoms with Crippen molar-refractivity contribution in [3.8, 4) is 11.3 Å². The molecule has 2 amide bonds. The van der Waals surface area contributed by atoms with Crippen molar-refractivity contribution in [1.82, 2.24) is 25.1 Å². The minimum Gasteiger partial charge on any atom is -0.453 e. The Morgan fingerprint density at radius 1 is 1.16 bits per heavy atom. The minimum absolute atomic E-state index is 0.401. The van der Waals surface area contributed by atoms with E-state index in [0.29, 0.717) is 23.6 Å². The standard InChI is InChI=1S/C22H28N6O4/c1-22(2,3)32-21(30)26-17(16-10-11-28(4)27-16)12-19-23-13-18(25-19)14-6-8-15(9-7-14)24-20(29)31-5/h6-11,13,17H,12H2,1-5H3,(H,23,25)(H,24,29)(H,26,30). The smallest absolute Gasteiger partial charge is 0.411 e. The lowest BCUT2D eigenvalue weighted by Crippen LogP contribution is -2.36. The highest BCUT2D eigenvalue weighted by Crippen LogP contribution is 2.22. The van der Waals surface area contributed by atoms with Gasteiger partial charge in [-0.05, 0) is 44.5 Å². The summed E-state index contributed by atoms with van der Waals surface area (Å²) in [6.45, 7) is 5.44. The van der Waals surface area contributed by atoms with Gasteiger partial charge in [0, 0.05) is 25.4 Å². The Hall–Kier alpha value is -3.82. The third-order valence-electron chi connectivity index (χ3n) is 4.44. The molecular formula is C22H28N6O4. The van der Waals surface area contributed by atoms with Crippen molar-refractivity contribution in [3.05, 3.63) is 54.2 Å². The first-order valence-electron chi connectivity index (χ1n) is 10.1. The average Bonchev–Trinajstić information content (AvgIpc) is 3.35. The molecule has 1 aromatic carbocycles. The highest BCUT2D eigenvalue weighted by molar-refractivity contribution is 5.84. The van der Waals surface area contributed by atoms with Crippen LogP contribution < -0.4 is 10.6 Å². The second kappa shape index (κ2) is 9.54. The number of carbonyl (C=O) groups excluding carboxylic acids is 2. The third kappa shape index (κ3) is 6.34. The third-order valence-corrected chi connectivity index (χ3v) is 4.44. The van der Waals surface area contributed by atoms with Crippen LogP contribution in [0.25, 0.3) is 11.3 Å². The lowest BCUT2D eigenvalue weighted by molar-refractivity contribution is 0.0501. The molecule has 0 spiro atoms. The van der Waals surface area contributed by atoms with Gasteiger partial charge >= 0.3 is 12.2 Å². The normalized spacial score (nSPS) is 12.2. The molecule has 0 radical (unpaired) electrons. The van der Waals surface area contributed by atoms with Crippen molar-refractivity contribution in [1.29, 1.82) is 0 Å². The molecule has 0 aliphatic heterocycles. The van der Waals surface area contributed by atoms with Crippen LogP contribution in [0.2, 0.25) is 0 Å². The molecular weight excluding hydrogens is 412 g/mol. The summed E-state index contributed by atoms with van der Waals surface area (Å²) in [5.74, 6) is 0.684. The number of aryl methyl sites for hydroxylation is 1. The van der Waals surface area contributed by atoms with E-state index >= 15 is 0 Å². The van der Waals surface area contributed by atoms with Crippen molar-refractivity contribution in [2.45, 2.75) is 38.8 Å². The summed E-state index contributed by atoms with van der Waals surface area (Å²) in [6, 6.07) is 8.69. The second-order valence-corrected chi connectivity index (χ2v) is 8.25. The van der Waals surface area contributed by atoms with E-state index in [9.17, 15) is 9.59 Å². The first-order chi connectivity index (χ1) is 15.1. The molecule has 170 valence electrons. The molecule has 32 heavy (non-hydrogen) atoms. The molecule has 0 bridgehead atoms. The maximum Gasteiger partial charge on any atom is 0.411 e. The summed E-state index contributed by atoms with van der Waals surface area (Å²) in [4.78, 5) is 31.4. The number of aromatic amines is 1. The second-order valence-electron chi connectivity index (χ2n) is 8.25. The number of H-pyrrole nitrogens is 1. The van der Waals surface area contributed by atoms with Crippen molar-refractivity contribution < 1.29 is 19.1 Å². The monoisotopic (exact) mass is 440 g/mol. The predicted molar refractivity (Wildman–Crippen MR) is 119 cm³/mol. The maximum absolute atomic E-state index is 12.4. The topological polar surface area (TPSA) is 123 Å². The number of ether oxygens (including phenoxy) is 2. The summed E-state index contributed by atoms with van der Waals surface area (Å²) in [5.41, 5.74) is 2.42. The summed E-state index contributed by atoms with van der Waals surface area (Å²) < 4.78 is 11.7. The molecule has 0 aliphatic carbocycles. The van der Waals surface area contributed by atoms with E-state index in [-0.39, 0.29) is 0 Å². The number of aromatic nitrogens is 4. The fourth-order valence-corrected chi connectivity index (χ4v) is 3.01. The highest BCUT2D eigenvalue weighted by Gasteiger charge is 2.23. The van der Waals surface area contributed by atoms with Gasteiger partial charge in [0.05, 0.1) is 30.7 Å². The van der Waals surface area contributed by atoms with Crippen molar-refractivity contribution in [3.63, 3.8) is 0 Å². The Labute approximate surface area is 186 Å². The Morgan fingerprint density at radius 3 is 2.47 bits per heavy atom. The van der Waals surface area contributed by atoms with Gasteiger partial charge in [-0.2, -0.15) is 5.10 Å². The number of rotatable bonds is 6. The highest BCUT2D eigenvalue weighted by atomic mass is 16.6. The van der Waals surface area contributed by atoms with Gasteiger partial charge in [-0.25, -0.2) is 14.6 Å². The van der Waals surface area contributed by atoms with Gasteiger partial charge in [0.25, 0.3) is 0 Å². The lowest BCUT2D eigenvalue weighted by atomic mass is 10.1. The molecule has 0 saturated carbocycles. The zero-order valence-corrected chi connectivity index (χ0v) is 18.8. The fraction of sp³-hybridized carbons (Fsp3) is 0.364. The number of amides is 2. The summed E-state index contributed by atoms with van der Waals surface area (Å²) in [5, 5.41) is 9.91. The Balaban J connectivity index is 1.73. The zero-order chi connectivity index (χ0) is 23.3. The SMILES string of the molecule is COC(=O)Nc1ccc(-c2cnc(CC(NC(=O)OC(C)(C)C)c3ccn(C)n3)[nH]2)cc1. The number of imidazole rings is 1. The number of anilines is 1. The van der Waals surface area contributed by atoms with Gasteiger partial charge in [0.15, 0.2) is 0 Å². The zero-order valence-electron chi connectivity index (χ0n) is 18.8. The van der Waals surface area contributed by atoms with Crippen LogP contribution in [-0.2, 0) is 22.9 Å². The summed E-state index contributed by atoms with van der Waals surface area (Å²) >= 11 is 0. The predicted octanol–water partition coefficient (Wildman–Crippen LogP) is 3.80. The minimum atomic E-state index is -0.606. The number of benzene rings is 1. The van der Waals surface area contributed by atoms with Crippen LogP contribution in [0, 0.1) is 0 Å². The van der Waals surface area contributed by atoms with Gasteiger partial charge in [-0.1, -0.05) is 12.1 Å². The Kier molecular flexibility index (Phi) is 6.82. The quantitative estimate of drug-likeness (QED) is 0.536. The van der Waals surface area contributed by atoms with Crippen LogP contribution in [0.15, 0.2) is 42.7 Å². The molecule has 2 heterocycles. The molecule has 0 aliphatic rings. The van der Waals surface area contributed by atoms with Crippen LogP contribution in [-0.4, -0.2) is 44.6 Å². The molecule has 0 saturated heterocycles. The van der Waals surface area contributed by atoms with Crippen LogP contribution >= 0.6 is 0 Å². The molecule has 1 unspecified atom stereocenters. The number of methoxy groups -OCH3 is 1. The van der Waals surface area contributed by atoms with Crippen LogP contribution in [0.4, 0.5) is 15.3 Å². The molecule has 10 nitrogen and oxygen atoms in total. The van der Waals surface area contributed by atoms with Crippen LogP contribution in [0.3, 0.4) is 0 Å². The van der Waals surface area contributed by atoms with Gasteiger partial charge in [0.1, 0.15) is 11.4 Å². The van der Waals surface area contributed by atoms with Gasteiger partial charge in [-0.3, -0.25) is 10.00 Å². The maximum atomic E-state index is 12.4. The Morgan fingerprint density at radius 2 is 1.88 bits per heavy atom. The molecule has 3 rings (SSSR count). The number of hydrogen-bond donors (Lipinski definition) is 3. The summed E-state index contributed by atoms with van der Waals surface area (Å²) in [6.07, 6.45) is 2.89. The number of carbonyl (C=O) groups is 2. The van der Waals surface area contributed by atoms with Gasteiger partial charge in [0.2, 0.25) is 0 Å². The van der Waals surface area contributed by atoms with E-state index in [4.69, 9.17) is 4.74 Å². The Bertz CT molecular complexity index is 1060. The van der Waals surface area contributed by atoms with Gasteiger partial charge in [-0.15, -0.1) is 0 Å². The number of hydrogen-bond acceptors (Lipinski definition) is 6. The molecule has 3 aromatic rings. The van der Waals surface area contributed by atoms with Crippen molar-refractivity contribution in [2.24, 2.45) is 7.05 Å². The van der Waals surface area contributed by atoms with Crippen LogP contribution in [0.5, 0.6) is 0 Å². The molecule has 0 fully saturated rings. The fourth-order valence-electron chi connectivity index (χ4n) is 3.01. The molecule has 2 aromatic heterocycles. The van der Waals surface area contributed by atoms with E-state index in [0.717, 1.165) is 11.3 Å². The molecule has 3 N–H and O–H groups in total. The van der Waals surface area contributed by atoms with E-state index in [1.165, 1.54) is 7.11 Å². The van der Waals surface area contributed by atoms with E-state index in [1.807, 2.05) is 52.2 Å². The average molecular weight is 441 g/mol. The number of alkyl carbamates (subject to hydrolysis) is 1. The van der Waals surface area contributed by atoms with Crippen molar-refractivity contribution >= 4 is 17.9 Å². The lowest BCUT2D eigenvalue weighted by Gasteiger charge is -2.22. The van der Waals surface area contributed by atoms with E-state index in [2.05, 4.69) is 30.4 Å². The first kappa shape index (κ1) is 22.9. The largest absolute Gasteiger partial charge is 0.453 e. The number of nitrogens with one attached hydrogen (secondary N) is 3. The molecule has 1 atom stereocenters. The summed E-state index contributed by atoms with van der Waals surface area (Å²) in [7, 11) is 3.13. The molecule has 10 heteroatoms. The van der Waals surface area contributed by atoms with E-state index < -0.39 is 23.8 Å². The van der Waals surface area contributed by atoms with Crippen molar-refractivity contribution in [2.75, 3.05) is 12.4 Å². The first-order valence-corrected chi connectivity index (χ1v) is 10.1. The number of nitrogens with zero attached hydrogens (tertiary/aromatic N) is 3. The van der Waals surface area contributed by atoms with Crippen LogP contribution in [0.1, 0.15) is 38.3 Å². The van der Waals surface area contributed by atoms with Gasteiger partial charge < -0.3 is 19.8 Å².